The van der Waals surface area contributed by atoms with E-state index in [-0.39, 0.29) is 35.4 Å². The van der Waals surface area contributed by atoms with Crippen LogP contribution in [0, 0.1) is 0 Å². The minimum Gasteiger partial charge on any atom is -0.455 e. The Kier molecular flexibility index (Phi) is 14.0. The molecule has 20 aromatic carbocycles. The van der Waals surface area contributed by atoms with E-state index >= 15 is 0 Å². The van der Waals surface area contributed by atoms with E-state index in [4.69, 9.17) is 4.42 Å². The van der Waals surface area contributed by atoms with Gasteiger partial charge >= 0.3 is 13.7 Å². The van der Waals surface area contributed by atoms with Crippen LogP contribution in [0.2, 0.25) is 0 Å². The second-order valence-electron chi connectivity index (χ2n) is 40.6. The SMILES string of the molecule is CC(C)(C)c1cc(N2c3cc4cc5c(cc4cc3B3c4c2cc2ccccc2c4-c2cccc4c6ccccc6n3c24)c2ccccc2c2c(-c3ccc4c(c3)oc3c6c7c(cc34)N(c3cc(C(C)(C)C)cc(C(C)(C)C)c3)c3cc4cc8c9ccccc9c9ccccc9c8cc4cc3B7n3c4ccccc4c4cccc-6c43)cccc52)cc(C(C)(C)C)c1. The normalized spacial score (nSPS) is 13.9. The fourth-order valence-electron chi connectivity index (χ4n) is 23.4. The van der Waals surface area contributed by atoms with E-state index in [0.717, 1.165) is 38.8 Å². The van der Waals surface area contributed by atoms with Crippen molar-refractivity contribution in [2.24, 2.45) is 0 Å². The van der Waals surface area contributed by atoms with E-state index in [1.54, 1.807) is 0 Å². The van der Waals surface area contributed by atoms with Crippen LogP contribution in [0.25, 0.3) is 196 Å². The smallest absolute Gasteiger partial charge is 0.333 e. The minimum atomic E-state index is -0.229. The first kappa shape index (κ1) is 71.4. The Morgan fingerprint density at radius 1 is 0.248 bits per heavy atom. The number of aromatic nitrogens is 2. The van der Waals surface area contributed by atoms with Gasteiger partial charge in [-0.1, -0.05) is 301 Å². The van der Waals surface area contributed by atoms with Crippen LogP contribution < -0.4 is 31.7 Å². The largest absolute Gasteiger partial charge is 0.455 e. The van der Waals surface area contributed by atoms with Crippen molar-refractivity contribution in [2.75, 3.05) is 9.80 Å². The average molecular weight is 1600 g/mol. The molecule has 0 radical (unpaired) electrons. The van der Waals surface area contributed by atoms with Gasteiger partial charge < -0.3 is 23.2 Å². The molecule has 0 atom stereocenters. The summed E-state index contributed by atoms with van der Waals surface area (Å²) < 4.78 is 13.3. The predicted molar refractivity (Wildman–Crippen MR) is 539 cm³/mol. The Balaban J connectivity index is 0.700. The summed E-state index contributed by atoms with van der Waals surface area (Å²) in [6, 6.07) is 123. The van der Waals surface area contributed by atoms with E-state index in [1.807, 2.05) is 0 Å². The van der Waals surface area contributed by atoms with Gasteiger partial charge in [0, 0.05) is 105 Å². The Labute approximate surface area is 726 Å². The molecule has 4 aliphatic rings. The molecule has 0 N–H and O–H groups in total. The molecule has 0 aliphatic carbocycles. The lowest BCUT2D eigenvalue weighted by Gasteiger charge is -2.42. The molecule has 5 nitrogen and oxygen atoms in total. The van der Waals surface area contributed by atoms with Crippen LogP contribution in [0.3, 0.4) is 0 Å². The molecular formula is C118H88B2N4O. The zero-order valence-corrected chi connectivity index (χ0v) is 72.4. The van der Waals surface area contributed by atoms with E-state index in [2.05, 4.69) is 417 Å². The quantitative estimate of drug-likeness (QED) is 0.100. The van der Waals surface area contributed by atoms with Crippen LogP contribution in [0.15, 0.2) is 320 Å². The molecule has 7 heterocycles. The molecule has 0 saturated heterocycles. The summed E-state index contributed by atoms with van der Waals surface area (Å²) in [4.78, 5) is 5.34. The first-order chi connectivity index (χ1) is 60.5. The summed E-state index contributed by atoms with van der Waals surface area (Å²) in [6.07, 6.45) is 0. The Morgan fingerprint density at radius 3 is 1.11 bits per heavy atom. The van der Waals surface area contributed by atoms with Crippen molar-refractivity contribution >= 4 is 232 Å². The maximum absolute atomic E-state index is 7.89. The molecular weight excluding hydrogens is 1510 g/mol. The third-order valence-electron chi connectivity index (χ3n) is 29.4. The van der Waals surface area contributed by atoms with E-state index in [1.165, 1.54) is 235 Å². The predicted octanol–water partition coefficient (Wildman–Crippen LogP) is 29.9. The van der Waals surface area contributed by atoms with Crippen LogP contribution in [-0.2, 0) is 21.7 Å². The average Bonchev–Trinajstić information content (AvgIpc) is 1.61. The van der Waals surface area contributed by atoms with Crippen LogP contribution in [0.4, 0.5) is 34.1 Å². The third-order valence-corrected chi connectivity index (χ3v) is 29.4. The number of hydrogen-bond donors (Lipinski definition) is 0. The maximum atomic E-state index is 7.89. The highest BCUT2D eigenvalue weighted by atomic mass is 16.3. The molecule has 4 aliphatic heterocycles. The van der Waals surface area contributed by atoms with Gasteiger partial charge in [0.25, 0.3) is 0 Å². The molecule has 0 spiro atoms. The molecule has 27 rings (SSSR count). The fourth-order valence-corrected chi connectivity index (χ4v) is 23.4. The van der Waals surface area contributed by atoms with Crippen molar-refractivity contribution in [2.45, 2.75) is 105 Å². The topological polar surface area (TPSA) is 29.5 Å². The molecule has 3 aromatic heterocycles. The summed E-state index contributed by atoms with van der Waals surface area (Å²) in [5, 5.41) is 29.6. The molecule has 0 fully saturated rings. The number of furan rings is 1. The highest BCUT2D eigenvalue weighted by Gasteiger charge is 2.48. The number of nitrogens with zero attached hydrogens (tertiary/aromatic N) is 4. The molecule has 0 bridgehead atoms. The molecule has 592 valence electrons. The van der Waals surface area contributed by atoms with Gasteiger partial charge in [-0.25, -0.2) is 0 Å². The Morgan fingerprint density at radius 2 is 0.616 bits per heavy atom. The second kappa shape index (κ2) is 24.4. The summed E-state index contributed by atoms with van der Waals surface area (Å²) in [7, 11) is 0. The second-order valence-corrected chi connectivity index (χ2v) is 40.6. The Hall–Kier alpha value is -14.1. The number of para-hydroxylation sites is 4. The Bertz CT molecular complexity index is 8880. The number of fused-ring (bicyclic) bond motifs is 34. The van der Waals surface area contributed by atoms with Crippen molar-refractivity contribution in [3.05, 3.63) is 338 Å². The van der Waals surface area contributed by atoms with Crippen molar-refractivity contribution in [3.63, 3.8) is 0 Å². The number of hydrogen-bond acceptors (Lipinski definition) is 3. The first-order valence-corrected chi connectivity index (χ1v) is 44.7. The van der Waals surface area contributed by atoms with Gasteiger partial charge in [-0.05, 0) is 276 Å². The van der Waals surface area contributed by atoms with E-state index < -0.39 is 0 Å². The van der Waals surface area contributed by atoms with Crippen LogP contribution in [-0.4, -0.2) is 22.7 Å². The third kappa shape index (κ3) is 9.71. The highest BCUT2D eigenvalue weighted by molar-refractivity contribution is 6.91. The molecule has 125 heavy (non-hydrogen) atoms. The summed E-state index contributed by atoms with van der Waals surface area (Å²) in [5.74, 6) is 0. The minimum absolute atomic E-state index is 0.119. The standard InChI is InChI=1S/C118H88B2N4O/c1-115(2,3)71-58-72(116(4,5)6)61-75(60-71)121-102-56-70-51-96-88-39-25-38-77(107(88)87-37-20-19-34-83(87)95(96)49-68(70)52-98(102)119-110-104(121)54-65-28-13-14-29-78(65)108(110)91-42-26-40-89-84-35-21-23-44-100(84)123(119)112(89)91)66-46-47-86-97-64-105-111-109(114(97)125-106(86)57-66)92-43-27-41-90-85-36-22-24-45-101(85)124(113(90)92)120(111)99-53-67-48-93-81-32-17-15-30-79(81)80-31-16-18-33-82(80)94(93)50-69(67)55-103(99)122(105)76-62-73(117(7,8)9)59-74(63-76)118(10,11)12/h13-64H,1-12H3. The maximum Gasteiger partial charge on any atom is 0.333 e. The molecule has 0 unspecified atom stereocenters. The zero-order valence-electron chi connectivity index (χ0n) is 72.4. The lowest BCUT2D eigenvalue weighted by molar-refractivity contribution is 0.568. The molecule has 0 saturated carbocycles. The monoisotopic (exact) mass is 1600 g/mol. The van der Waals surface area contributed by atoms with Crippen molar-refractivity contribution in [3.8, 4) is 33.4 Å². The van der Waals surface area contributed by atoms with Crippen LogP contribution in [0.5, 0.6) is 0 Å². The highest BCUT2D eigenvalue weighted by Crippen LogP contribution is 2.56. The van der Waals surface area contributed by atoms with E-state index in [9.17, 15) is 0 Å². The molecule has 7 heteroatoms. The number of rotatable bonds is 3. The summed E-state index contributed by atoms with van der Waals surface area (Å²) in [5.41, 5.74) is 31.0. The van der Waals surface area contributed by atoms with Crippen molar-refractivity contribution in [1.29, 1.82) is 0 Å². The van der Waals surface area contributed by atoms with Crippen LogP contribution >= 0.6 is 0 Å². The van der Waals surface area contributed by atoms with Gasteiger partial charge in [0.2, 0.25) is 0 Å². The van der Waals surface area contributed by atoms with Gasteiger partial charge in [-0.2, -0.15) is 0 Å². The van der Waals surface area contributed by atoms with Gasteiger partial charge in [-0.15, -0.1) is 0 Å². The van der Waals surface area contributed by atoms with Crippen LogP contribution in [0.1, 0.15) is 105 Å². The van der Waals surface area contributed by atoms with Gasteiger partial charge in [0.15, 0.2) is 0 Å². The lowest BCUT2D eigenvalue weighted by Crippen LogP contribution is -2.56. The zero-order chi connectivity index (χ0) is 83.8. The van der Waals surface area contributed by atoms with Crippen molar-refractivity contribution in [1.82, 2.24) is 8.96 Å². The van der Waals surface area contributed by atoms with E-state index in [0.29, 0.717) is 0 Å². The molecule has 23 aromatic rings. The first-order valence-electron chi connectivity index (χ1n) is 44.7. The van der Waals surface area contributed by atoms with Gasteiger partial charge in [-0.3, -0.25) is 0 Å². The fraction of sp³-hybridized carbons (Fsp3) is 0.136. The van der Waals surface area contributed by atoms with Gasteiger partial charge in [0.1, 0.15) is 11.2 Å². The molecule has 0 amide bonds. The number of anilines is 6. The summed E-state index contributed by atoms with van der Waals surface area (Å²) >= 11 is 0. The van der Waals surface area contributed by atoms with Crippen molar-refractivity contribution < 1.29 is 4.42 Å². The lowest BCUT2D eigenvalue weighted by atomic mass is 9.44. The summed E-state index contributed by atoms with van der Waals surface area (Å²) in [6.45, 7) is 28.1. The number of benzene rings is 20. The van der Waals surface area contributed by atoms with Gasteiger partial charge in [0.05, 0.1) is 0 Å².